The number of nitrogens with zero attached hydrogens (tertiary/aromatic N) is 5. The van der Waals surface area contributed by atoms with Crippen LogP contribution in [0.4, 0.5) is 10.5 Å². The number of aliphatic carboxylic acids is 1. The first-order valence-corrected chi connectivity index (χ1v) is 24.4. The zero-order chi connectivity index (χ0) is 48.3. The van der Waals surface area contributed by atoms with Gasteiger partial charge >= 0.3 is 12.1 Å². The third-order valence-corrected chi connectivity index (χ3v) is 13.7. The second-order valence-electron chi connectivity index (χ2n) is 19.9. The van der Waals surface area contributed by atoms with Crippen LogP contribution in [0.2, 0.25) is 0 Å². The largest absolute Gasteiger partial charge is 0.480 e. The van der Waals surface area contributed by atoms with Crippen molar-refractivity contribution in [3.05, 3.63) is 87.5 Å². The van der Waals surface area contributed by atoms with Crippen molar-refractivity contribution in [1.29, 1.82) is 0 Å². The van der Waals surface area contributed by atoms with Gasteiger partial charge in [-0.25, -0.2) is 15.2 Å². The number of carboxylic acids is 1. The normalized spacial score (nSPS) is 18.6. The number of morpholine rings is 1. The third kappa shape index (κ3) is 11.2. The van der Waals surface area contributed by atoms with Crippen molar-refractivity contribution in [1.82, 2.24) is 30.3 Å². The Morgan fingerprint density at radius 1 is 1.06 bits per heavy atom. The van der Waals surface area contributed by atoms with E-state index in [1.54, 1.807) is 27.9 Å². The Labute approximate surface area is 401 Å². The summed E-state index contributed by atoms with van der Waals surface area (Å²) in [5, 5.41) is 28.2. The van der Waals surface area contributed by atoms with E-state index in [0.717, 1.165) is 68.9 Å². The van der Waals surface area contributed by atoms with E-state index in [1.165, 1.54) is 16.3 Å². The first-order chi connectivity index (χ1) is 32.5. The van der Waals surface area contributed by atoms with E-state index in [2.05, 4.69) is 64.4 Å². The molecule has 3 aromatic heterocycles. The molecule has 6 heterocycles. The van der Waals surface area contributed by atoms with Crippen molar-refractivity contribution in [2.45, 2.75) is 117 Å². The molecule has 3 aliphatic rings. The first kappa shape index (κ1) is 49.0. The number of hydrazine groups is 1. The van der Waals surface area contributed by atoms with Gasteiger partial charge in [-0.2, -0.15) is 0 Å². The number of ether oxygens (including phenoxy) is 4. The first-order valence-electron chi connectivity index (χ1n) is 23.6. The van der Waals surface area contributed by atoms with Crippen molar-refractivity contribution >= 4 is 45.9 Å². The van der Waals surface area contributed by atoms with Crippen LogP contribution in [0.3, 0.4) is 0 Å². The molecular formula is C51H65N7O9S. The lowest BCUT2D eigenvalue weighted by Gasteiger charge is -2.34. The van der Waals surface area contributed by atoms with Gasteiger partial charge in [0.2, 0.25) is 0 Å². The quantitative estimate of drug-likeness (QED) is 0.0786. The molecule has 0 aliphatic carbocycles. The van der Waals surface area contributed by atoms with Gasteiger partial charge < -0.3 is 43.9 Å². The molecule has 0 bridgehead atoms. The van der Waals surface area contributed by atoms with Crippen molar-refractivity contribution in [2.24, 2.45) is 5.41 Å². The highest BCUT2D eigenvalue weighted by atomic mass is 32.1. The number of carbonyl (C=O) groups excluding carboxylic acids is 2. The molecule has 16 nitrogen and oxygen atoms in total. The summed E-state index contributed by atoms with van der Waals surface area (Å²) in [5.74, 6) is -1.53. The SMILES string of the molecule is CO[C@@H](C)c1ncc(N2CCOCC2)cc1-c1c(CC(C)(C)CO)c2cc(-c3csc(C[C@H](NC(=O)OC(C)(C)C)C(=O)N4CCCC(C(=O)O)N4)n3)cc3c2n1CC(OCc1ccccc1)C3. The Kier molecular flexibility index (Phi) is 14.9. The zero-order valence-corrected chi connectivity index (χ0v) is 41.0. The fourth-order valence-electron chi connectivity index (χ4n) is 9.32. The number of alkyl carbamates (subject to hydrolysis) is 1. The van der Waals surface area contributed by atoms with Crippen molar-refractivity contribution in [3.63, 3.8) is 0 Å². The zero-order valence-electron chi connectivity index (χ0n) is 40.2. The van der Waals surface area contributed by atoms with Crippen molar-refractivity contribution in [2.75, 3.05) is 51.5 Å². The number of amides is 2. The summed E-state index contributed by atoms with van der Waals surface area (Å²) in [6.07, 6.45) is 2.77. The fourth-order valence-corrected chi connectivity index (χ4v) is 10.2. The smallest absolute Gasteiger partial charge is 0.408 e. The molecule has 17 heteroatoms. The van der Waals surface area contributed by atoms with E-state index in [1.807, 2.05) is 36.7 Å². The molecule has 5 aromatic rings. The van der Waals surface area contributed by atoms with Gasteiger partial charge in [-0.15, -0.1) is 11.3 Å². The number of anilines is 1. The minimum absolute atomic E-state index is 0.0293. The number of hydrogen-bond acceptors (Lipinski definition) is 13. The lowest BCUT2D eigenvalue weighted by Crippen LogP contribution is -2.60. The number of carbonyl (C=O) groups is 3. The highest BCUT2D eigenvalue weighted by molar-refractivity contribution is 7.10. The average molecular weight is 952 g/mol. The summed E-state index contributed by atoms with van der Waals surface area (Å²) < 4.78 is 26.5. The van der Waals surface area contributed by atoms with E-state index in [4.69, 9.17) is 28.9 Å². The molecule has 8 rings (SSSR count). The number of benzene rings is 2. The molecule has 2 saturated heterocycles. The molecule has 364 valence electrons. The van der Waals surface area contributed by atoms with Crippen LogP contribution in [-0.4, -0.2) is 118 Å². The lowest BCUT2D eigenvalue weighted by molar-refractivity contribution is -0.147. The van der Waals surface area contributed by atoms with Crippen molar-refractivity contribution < 1.29 is 43.5 Å². The topological polar surface area (TPSA) is 190 Å². The molecule has 3 aliphatic heterocycles. The van der Waals surface area contributed by atoms with Crippen LogP contribution in [0.1, 0.15) is 87.9 Å². The van der Waals surface area contributed by atoms with Gasteiger partial charge in [0.15, 0.2) is 0 Å². The molecule has 2 amide bonds. The molecule has 0 spiro atoms. The maximum absolute atomic E-state index is 14.1. The summed E-state index contributed by atoms with van der Waals surface area (Å²) in [7, 11) is 1.70. The molecule has 2 fully saturated rings. The molecular weight excluding hydrogens is 887 g/mol. The van der Waals surface area contributed by atoms with E-state index in [-0.39, 0.29) is 31.8 Å². The summed E-state index contributed by atoms with van der Waals surface area (Å²) >= 11 is 1.38. The predicted molar refractivity (Wildman–Crippen MR) is 260 cm³/mol. The summed E-state index contributed by atoms with van der Waals surface area (Å²) in [4.78, 5) is 51.7. The minimum Gasteiger partial charge on any atom is -0.480 e. The number of aromatic nitrogens is 3. The highest BCUT2D eigenvalue weighted by Crippen LogP contribution is 2.46. The van der Waals surface area contributed by atoms with Gasteiger partial charge in [-0.05, 0) is 87.3 Å². The number of thiazole rings is 1. The predicted octanol–water partition coefficient (Wildman–Crippen LogP) is 7.09. The molecule has 68 heavy (non-hydrogen) atoms. The molecule has 4 atom stereocenters. The summed E-state index contributed by atoms with van der Waals surface area (Å²) in [5.41, 5.74) is 11.2. The van der Waals surface area contributed by atoms with E-state index in [0.29, 0.717) is 62.8 Å². The maximum Gasteiger partial charge on any atom is 0.408 e. The number of nitrogens with one attached hydrogen (secondary N) is 2. The van der Waals surface area contributed by atoms with Crippen LogP contribution in [0.5, 0.6) is 0 Å². The number of methoxy groups -OCH3 is 1. The number of hydrogen-bond donors (Lipinski definition) is 4. The Balaban J connectivity index is 1.24. The Morgan fingerprint density at radius 2 is 1.82 bits per heavy atom. The van der Waals surface area contributed by atoms with E-state index < -0.39 is 41.1 Å². The van der Waals surface area contributed by atoms with Crippen LogP contribution in [0.25, 0.3) is 33.4 Å². The van der Waals surface area contributed by atoms with E-state index >= 15 is 0 Å². The number of rotatable bonds is 16. The van der Waals surface area contributed by atoms with Crippen molar-refractivity contribution in [3.8, 4) is 22.5 Å². The van der Waals surface area contributed by atoms with Gasteiger partial charge in [0, 0.05) is 74.6 Å². The molecule has 0 radical (unpaired) electrons. The number of aliphatic hydroxyl groups is 1. The maximum atomic E-state index is 14.1. The summed E-state index contributed by atoms with van der Waals surface area (Å²) in [6, 6.07) is 14.8. The average Bonchev–Trinajstić information content (AvgIpc) is 3.92. The van der Waals surface area contributed by atoms with Crippen LogP contribution in [0, 0.1) is 5.41 Å². The number of aliphatic hydroxyl groups excluding tert-OH is 1. The minimum atomic E-state index is -1.09. The Hall–Kier alpha value is -5.43. The van der Waals surface area contributed by atoms with Crippen LogP contribution >= 0.6 is 11.3 Å². The Morgan fingerprint density at radius 3 is 2.53 bits per heavy atom. The highest BCUT2D eigenvalue weighted by Gasteiger charge is 2.36. The Bertz CT molecular complexity index is 2600. The van der Waals surface area contributed by atoms with Gasteiger partial charge in [0.05, 0.1) is 71.5 Å². The lowest BCUT2D eigenvalue weighted by atomic mass is 9.84. The molecule has 0 saturated carbocycles. The molecule has 4 N–H and O–H groups in total. The van der Waals surface area contributed by atoms with Gasteiger partial charge in [0.1, 0.15) is 17.7 Å². The third-order valence-electron chi connectivity index (χ3n) is 12.8. The van der Waals surface area contributed by atoms with Gasteiger partial charge in [-0.3, -0.25) is 19.6 Å². The van der Waals surface area contributed by atoms with Crippen LogP contribution in [-0.2, 0) is 61.0 Å². The fraction of sp³-hybridized carbons (Fsp3) is 0.510. The summed E-state index contributed by atoms with van der Waals surface area (Å²) in [6.45, 7) is 15.5. The number of pyridine rings is 1. The van der Waals surface area contributed by atoms with Gasteiger partial charge in [-0.1, -0.05) is 44.2 Å². The molecule has 2 aromatic carbocycles. The van der Waals surface area contributed by atoms with E-state index in [9.17, 15) is 24.6 Å². The van der Waals surface area contributed by atoms with Crippen LogP contribution < -0.4 is 15.6 Å². The monoisotopic (exact) mass is 951 g/mol. The molecule has 2 unspecified atom stereocenters. The second kappa shape index (κ2) is 20.7. The van der Waals surface area contributed by atoms with Crippen LogP contribution in [0.15, 0.2) is 60.1 Å². The second-order valence-corrected chi connectivity index (χ2v) is 20.8. The number of carboxylic acid groups (broad SMARTS) is 1. The van der Waals surface area contributed by atoms with Gasteiger partial charge in [0.25, 0.3) is 5.91 Å². The standard InChI is InChI=1S/C51H65N7O9S/c1-31(64-7)44-38(23-35(26-52-44)56-16-18-65-19-17-56)46-39(25-51(5,6)30-59)37-22-33(20-34-21-36(27-57(46)45(34)37)66-28-32-12-9-8-10-13-32)42-29-68-43(53-42)24-41(54-49(63)67-50(2,3)4)47(60)58-15-11-14-40(55-58)48(61)62/h8-10,12-13,20,22-23,26,29,31,36,40-41,55,59H,11,14-19,21,24-25,27-28,30H2,1-7H3,(H,54,63)(H,61,62)/t31-,36?,40?,41-/m0/s1.